The van der Waals surface area contributed by atoms with E-state index in [1.165, 1.54) is 6.19 Å². The molecule has 0 saturated carbocycles. The zero-order valence-corrected chi connectivity index (χ0v) is 4.85. The molecule has 0 aromatic carbocycles. The number of carbonyl (C=O) groups is 1. The Balaban J connectivity index is 3.33. The molecule has 0 aromatic heterocycles. The lowest BCUT2D eigenvalue weighted by Crippen LogP contribution is -2.16. The first-order chi connectivity index (χ1) is 4.31. The zero-order chi connectivity index (χ0) is 7.11. The number of nitrogens with zero attached hydrogens (tertiary/aromatic N) is 1. The molecule has 0 radical (unpaired) electrons. The fourth-order valence-corrected chi connectivity index (χ4v) is 0.311. The molecule has 0 fully saturated rings. The Labute approximate surface area is 53.7 Å². The number of carbonyl (C=O) groups excluding carboxylic acids is 1. The molecule has 46 valence electrons. The lowest BCUT2D eigenvalue weighted by molar-refractivity contribution is -0.119. The van der Waals surface area contributed by atoms with Crippen LogP contribution in [0.5, 0.6) is 0 Å². The third-order valence-electron chi connectivity index (χ3n) is 0.692. The van der Waals surface area contributed by atoms with Crippen LogP contribution in [0.15, 0.2) is 0 Å². The summed E-state index contributed by atoms with van der Waals surface area (Å²) in [6, 6.07) is 0. The van der Waals surface area contributed by atoms with E-state index in [4.69, 9.17) is 11.7 Å². The molecular weight excluding hydrogens is 116 g/mol. The van der Waals surface area contributed by atoms with Crippen LogP contribution in [-0.2, 0) is 4.79 Å². The first-order valence-electron chi connectivity index (χ1n) is 2.42. The van der Waals surface area contributed by atoms with E-state index >= 15 is 0 Å². The lowest BCUT2D eigenvalue weighted by atomic mass is 10.3. The van der Waals surface area contributed by atoms with Gasteiger partial charge in [0.05, 0.1) is 0 Å². The summed E-state index contributed by atoms with van der Waals surface area (Å²) in [5.74, 6) is 1.96. The van der Waals surface area contributed by atoms with E-state index in [1.54, 1.807) is 0 Å². The number of rotatable bonds is 2. The van der Waals surface area contributed by atoms with Gasteiger partial charge in [-0.15, -0.1) is 12.3 Å². The van der Waals surface area contributed by atoms with E-state index in [9.17, 15) is 4.79 Å². The summed E-state index contributed by atoms with van der Waals surface area (Å²) in [6.07, 6.45) is 6.98. The Morgan fingerprint density at radius 3 is 2.89 bits per heavy atom. The minimum absolute atomic E-state index is 0.226. The van der Waals surface area contributed by atoms with Crippen molar-refractivity contribution in [3.8, 4) is 18.5 Å². The van der Waals surface area contributed by atoms with Crippen molar-refractivity contribution in [2.75, 3.05) is 0 Å². The van der Waals surface area contributed by atoms with Crippen LogP contribution < -0.4 is 5.32 Å². The summed E-state index contributed by atoms with van der Waals surface area (Å²) in [5, 5.41) is 9.85. The highest BCUT2D eigenvalue weighted by atomic mass is 16.1. The van der Waals surface area contributed by atoms with Crippen LogP contribution in [0.3, 0.4) is 0 Å². The van der Waals surface area contributed by atoms with Gasteiger partial charge in [0.25, 0.3) is 0 Å². The molecule has 0 spiro atoms. The van der Waals surface area contributed by atoms with E-state index in [0.717, 1.165) is 0 Å². The van der Waals surface area contributed by atoms with Gasteiger partial charge in [-0.25, -0.2) is 0 Å². The number of amides is 1. The predicted octanol–water partition coefficient (Wildman–Crippen LogP) is -0.00292. The molecule has 0 aliphatic rings. The number of nitriles is 1. The van der Waals surface area contributed by atoms with Crippen LogP contribution in [0.4, 0.5) is 0 Å². The maximum atomic E-state index is 10.4. The fraction of sp³-hybridized carbons (Fsp3) is 0.333. The maximum Gasteiger partial charge on any atom is 0.233 e. The third-order valence-corrected chi connectivity index (χ3v) is 0.692. The van der Waals surface area contributed by atoms with Gasteiger partial charge >= 0.3 is 0 Å². The number of nitrogens with one attached hydrogen (secondary N) is 1. The highest BCUT2D eigenvalue weighted by molar-refractivity contribution is 5.77. The second-order valence-electron chi connectivity index (χ2n) is 1.36. The fourth-order valence-electron chi connectivity index (χ4n) is 0.311. The minimum Gasteiger partial charge on any atom is -0.274 e. The van der Waals surface area contributed by atoms with Crippen molar-refractivity contribution in [1.29, 1.82) is 5.26 Å². The van der Waals surface area contributed by atoms with E-state index < -0.39 is 0 Å². The molecule has 0 atom stereocenters. The van der Waals surface area contributed by atoms with E-state index in [-0.39, 0.29) is 12.3 Å². The summed E-state index contributed by atoms with van der Waals surface area (Å²) in [5.41, 5.74) is 0. The smallest absolute Gasteiger partial charge is 0.233 e. The molecule has 9 heavy (non-hydrogen) atoms. The summed E-state index contributed by atoms with van der Waals surface area (Å²) >= 11 is 0. The van der Waals surface area contributed by atoms with Gasteiger partial charge in [-0.3, -0.25) is 10.1 Å². The second kappa shape index (κ2) is 4.67. The first-order valence-corrected chi connectivity index (χ1v) is 2.42. The molecule has 0 aromatic rings. The third kappa shape index (κ3) is 4.37. The summed E-state index contributed by atoms with van der Waals surface area (Å²) in [7, 11) is 0. The van der Waals surface area contributed by atoms with Crippen LogP contribution in [0.2, 0.25) is 0 Å². The average Bonchev–Trinajstić information content (AvgIpc) is 1.85. The van der Waals surface area contributed by atoms with Crippen LogP contribution in [0.1, 0.15) is 12.8 Å². The summed E-state index contributed by atoms with van der Waals surface area (Å²) in [4.78, 5) is 10.4. The molecule has 0 bridgehead atoms. The molecule has 0 saturated heterocycles. The van der Waals surface area contributed by atoms with Gasteiger partial charge in [-0.1, -0.05) is 0 Å². The summed E-state index contributed by atoms with van der Waals surface area (Å²) < 4.78 is 0. The van der Waals surface area contributed by atoms with Gasteiger partial charge in [0, 0.05) is 12.8 Å². The Morgan fingerprint density at radius 1 is 1.78 bits per heavy atom. The topological polar surface area (TPSA) is 52.9 Å². The van der Waals surface area contributed by atoms with Crippen LogP contribution in [0, 0.1) is 23.8 Å². The Bertz CT molecular complexity index is 172. The predicted molar refractivity (Wildman–Crippen MR) is 31.8 cm³/mol. The number of hydrogen-bond acceptors (Lipinski definition) is 2. The maximum absolute atomic E-state index is 10.4. The van der Waals surface area contributed by atoms with Crippen molar-refractivity contribution in [2.24, 2.45) is 0 Å². The molecule has 3 nitrogen and oxygen atoms in total. The Kier molecular flexibility index (Phi) is 3.90. The van der Waals surface area contributed by atoms with E-state index in [2.05, 4.69) is 5.92 Å². The molecule has 0 rings (SSSR count). The molecule has 3 heteroatoms. The SMILES string of the molecule is C#CCCC(=O)NC#N. The number of terminal acetylenes is 1. The normalized spacial score (nSPS) is 6.89. The van der Waals surface area contributed by atoms with Crippen molar-refractivity contribution < 1.29 is 4.79 Å². The lowest BCUT2D eigenvalue weighted by Gasteiger charge is -1.88. The average molecular weight is 122 g/mol. The van der Waals surface area contributed by atoms with Gasteiger partial charge in [0.2, 0.25) is 5.91 Å². The standard InChI is InChI=1S/C6H6N2O/c1-2-3-4-6(9)8-5-7/h1H,3-4H2,(H,8,9). The van der Waals surface area contributed by atoms with Gasteiger partial charge in [0.15, 0.2) is 6.19 Å². The Hall–Kier alpha value is -1.48. The van der Waals surface area contributed by atoms with Crippen LogP contribution >= 0.6 is 0 Å². The van der Waals surface area contributed by atoms with Crippen molar-refractivity contribution in [3.63, 3.8) is 0 Å². The van der Waals surface area contributed by atoms with Gasteiger partial charge in [-0.2, -0.15) is 5.26 Å². The molecule has 0 unspecified atom stereocenters. The number of hydrogen-bond donors (Lipinski definition) is 1. The molecule has 1 N–H and O–H groups in total. The highest BCUT2D eigenvalue weighted by Crippen LogP contribution is 1.83. The van der Waals surface area contributed by atoms with Crippen molar-refractivity contribution in [1.82, 2.24) is 5.32 Å². The monoisotopic (exact) mass is 122 g/mol. The summed E-state index contributed by atoms with van der Waals surface area (Å²) in [6.45, 7) is 0. The molecular formula is C6H6N2O. The van der Waals surface area contributed by atoms with Gasteiger partial charge in [-0.05, 0) is 0 Å². The quantitative estimate of drug-likeness (QED) is 0.318. The molecule has 0 aliphatic carbocycles. The van der Waals surface area contributed by atoms with Crippen molar-refractivity contribution >= 4 is 5.91 Å². The van der Waals surface area contributed by atoms with Crippen molar-refractivity contribution in [3.05, 3.63) is 0 Å². The van der Waals surface area contributed by atoms with E-state index in [1.807, 2.05) is 5.32 Å². The first kappa shape index (κ1) is 7.52. The molecule has 1 amide bonds. The molecule has 0 aliphatic heterocycles. The highest BCUT2D eigenvalue weighted by Gasteiger charge is 1.94. The van der Waals surface area contributed by atoms with Crippen LogP contribution in [-0.4, -0.2) is 5.91 Å². The molecule has 0 heterocycles. The van der Waals surface area contributed by atoms with E-state index in [0.29, 0.717) is 6.42 Å². The largest absolute Gasteiger partial charge is 0.274 e. The zero-order valence-electron chi connectivity index (χ0n) is 4.85. The van der Waals surface area contributed by atoms with Crippen molar-refractivity contribution in [2.45, 2.75) is 12.8 Å². The Morgan fingerprint density at radius 2 is 2.44 bits per heavy atom. The second-order valence-corrected chi connectivity index (χ2v) is 1.36. The van der Waals surface area contributed by atoms with Gasteiger partial charge < -0.3 is 0 Å². The van der Waals surface area contributed by atoms with Crippen LogP contribution in [0.25, 0.3) is 0 Å². The van der Waals surface area contributed by atoms with Gasteiger partial charge in [0.1, 0.15) is 0 Å². The minimum atomic E-state index is -0.324.